The first kappa shape index (κ1) is 33.2. The van der Waals surface area contributed by atoms with Gasteiger partial charge in [0.15, 0.2) is 17.5 Å². The average molecular weight is 752 g/mol. The smallest absolute Gasteiger partial charge is 0.164 e. The molecule has 0 unspecified atom stereocenters. The first-order valence-electron chi connectivity index (χ1n) is 19.9. The molecule has 2 heterocycles. The van der Waals surface area contributed by atoms with Crippen molar-refractivity contribution in [1.29, 1.82) is 0 Å². The van der Waals surface area contributed by atoms with E-state index in [1.165, 1.54) is 21.5 Å². The molecule has 0 N–H and O–H groups in total. The molecule has 12 rings (SSSR count). The Bertz CT molecular complexity index is 3620. The number of furan rings is 1. The lowest BCUT2D eigenvalue weighted by molar-refractivity contribution is 0.670. The summed E-state index contributed by atoms with van der Waals surface area (Å²) in [4.78, 5) is 15.4. The van der Waals surface area contributed by atoms with Crippen molar-refractivity contribution in [3.63, 3.8) is 0 Å². The zero-order valence-corrected chi connectivity index (χ0v) is 31.8. The molecular weight excluding hydrogens is 719 g/mol. The Morgan fingerprint density at radius 1 is 0.288 bits per heavy atom. The van der Waals surface area contributed by atoms with E-state index in [0.29, 0.717) is 17.5 Å². The summed E-state index contributed by atoms with van der Waals surface area (Å²) in [6.45, 7) is 0. The van der Waals surface area contributed by atoms with Crippen LogP contribution in [0.2, 0.25) is 0 Å². The van der Waals surface area contributed by atoms with Gasteiger partial charge >= 0.3 is 0 Å². The summed E-state index contributed by atoms with van der Waals surface area (Å²) in [5.74, 6) is 1.90. The Hall–Kier alpha value is -7.95. The van der Waals surface area contributed by atoms with Gasteiger partial charge in [0.05, 0.1) is 0 Å². The quantitative estimate of drug-likeness (QED) is 0.176. The van der Waals surface area contributed by atoms with Gasteiger partial charge in [-0.05, 0) is 90.1 Å². The van der Waals surface area contributed by atoms with Gasteiger partial charge in [0.1, 0.15) is 11.2 Å². The lowest BCUT2D eigenvalue weighted by Gasteiger charge is -2.15. The summed E-state index contributed by atoms with van der Waals surface area (Å²) < 4.78 is 6.97. The topological polar surface area (TPSA) is 51.8 Å². The molecule has 0 aliphatic carbocycles. The molecule has 0 bridgehead atoms. The second-order valence-electron chi connectivity index (χ2n) is 15.1. The third kappa shape index (κ3) is 5.49. The van der Waals surface area contributed by atoms with Crippen LogP contribution in [-0.2, 0) is 0 Å². The van der Waals surface area contributed by atoms with Crippen molar-refractivity contribution in [2.75, 3.05) is 0 Å². The number of nitrogens with zero attached hydrogens (tertiary/aromatic N) is 3. The Morgan fingerprint density at radius 2 is 0.831 bits per heavy atom. The molecular formula is C55H33N3O. The molecule has 0 fully saturated rings. The number of hydrogen-bond donors (Lipinski definition) is 0. The van der Waals surface area contributed by atoms with Gasteiger partial charge in [-0.1, -0.05) is 170 Å². The van der Waals surface area contributed by atoms with Crippen molar-refractivity contribution in [3.05, 3.63) is 200 Å². The maximum Gasteiger partial charge on any atom is 0.164 e. The fraction of sp³-hybridized carbons (Fsp3) is 0. The molecule has 0 saturated carbocycles. The van der Waals surface area contributed by atoms with E-state index < -0.39 is 0 Å². The second-order valence-corrected chi connectivity index (χ2v) is 15.1. The molecule has 0 aliphatic rings. The number of benzene rings is 10. The average Bonchev–Trinajstić information content (AvgIpc) is 3.68. The van der Waals surface area contributed by atoms with Crippen LogP contribution in [0.25, 0.3) is 121 Å². The number of hydrogen-bond acceptors (Lipinski definition) is 4. The Kier molecular flexibility index (Phi) is 7.50. The molecule has 59 heavy (non-hydrogen) atoms. The van der Waals surface area contributed by atoms with Crippen LogP contribution in [0.3, 0.4) is 0 Å². The molecule has 12 aromatic rings. The molecule has 0 spiro atoms. The summed E-state index contributed by atoms with van der Waals surface area (Å²) in [5.41, 5.74) is 9.01. The van der Waals surface area contributed by atoms with Gasteiger partial charge in [-0.15, -0.1) is 0 Å². The number of fused-ring (bicyclic) bond motifs is 7. The minimum atomic E-state index is 0.626. The van der Waals surface area contributed by atoms with E-state index in [0.717, 1.165) is 82.4 Å². The van der Waals surface area contributed by atoms with Gasteiger partial charge in [0.25, 0.3) is 0 Å². The van der Waals surface area contributed by atoms with Crippen molar-refractivity contribution in [2.45, 2.75) is 0 Å². The molecule has 0 atom stereocenters. The van der Waals surface area contributed by atoms with Crippen molar-refractivity contribution in [3.8, 4) is 56.4 Å². The number of aromatic nitrogens is 3. The van der Waals surface area contributed by atoms with E-state index in [9.17, 15) is 0 Å². The van der Waals surface area contributed by atoms with E-state index >= 15 is 0 Å². The lowest BCUT2D eigenvalue weighted by Crippen LogP contribution is -2.01. The Morgan fingerprint density at radius 3 is 1.63 bits per heavy atom. The SMILES string of the molecule is c1ccc(-c2nc(-c3ccc4ccccc4c3)nc(-c3ccc(-c4ccc(-c5cccc6ccccc56)c5oc6cc7ccccc7cc6c45)c4ccccc34)n2)cc1. The van der Waals surface area contributed by atoms with Gasteiger partial charge < -0.3 is 4.42 Å². The van der Waals surface area contributed by atoms with Gasteiger partial charge in [-0.3, -0.25) is 0 Å². The zero-order valence-electron chi connectivity index (χ0n) is 31.8. The van der Waals surface area contributed by atoms with Crippen molar-refractivity contribution < 1.29 is 4.42 Å². The molecule has 10 aromatic carbocycles. The molecule has 0 amide bonds. The van der Waals surface area contributed by atoms with Crippen molar-refractivity contribution in [1.82, 2.24) is 15.0 Å². The van der Waals surface area contributed by atoms with Crippen LogP contribution in [0.1, 0.15) is 0 Å². The fourth-order valence-corrected chi connectivity index (χ4v) is 8.86. The van der Waals surface area contributed by atoms with Gasteiger partial charge in [-0.25, -0.2) is 15.0 Å². The predicted molar refractivity (Wildman–Crippen MR) is 244 cm³/mol. The van der Waals surface area contributed by atoms with Crippen molar-refractivity contribution >= 4 is 65.0 Å². The summed E-state index contributed by atoms with van der Waals surface area (Å²) >= 11 is 0. The highest BCUT2D eigenvalue weighted by Crippen LogP contribution is 2.46. The third-order valence-corrected chi connectivity index (χ3v) is 11.7. The second kappa shape index (κ2) is 13.3. The molecule has 0 radical (unpaired) electrons. The van der Waals surface area contributed by atoms with Crippen LogP contribution in [0.5, 0.6) is 0 Å². The molecule has 4 heteroatoms. The van der Waals surface area contributed by atoms with Gasteiger partial charge in [0.2, 0.25) is 0 Å². The standard InChI is InChI=1S/C55H33N3O/c1-2-15-36(16-3-1)53-56-54(40-26-25-34-13-4-5-17-37(34)31-40)58-55(57-53)48-30-27-45(43-22-10-11-23-44(43)48)46-28-29-47(42-24-12-20-35-14-8-9-21-41(35)42)52-51(46)49-32-38-18-6-7-19-39(38)33-50(49)59-52/h1-33H. The summed E-state index contributed by atoms with van der Waals surface area (Å²) in [5, 5.41) is 11.4. The lowest BCUT2D eigenvalue weighted by atomic mass is 9.89. The largest absolute Gasteiger partial charge is 0.455 e. The summed E-state index contributed by atoms with van der Waals surface area (Å²) in [6.07, 6.45) is 0. The molecule has 274 valence electrons. The van der Waals surface area contributed by atoms with Gasteiger partial charge in [0, 0.05) is 33.0 Å². The molecule has 2 aromatic heterocycles. The predicted octanol–water partition coefficient (Wildman–Crippen LogP) is 14.7. The van der Waals surface area contributed by atoms with Crippen LogP contribution in [0.4, 0.5) is 0 Å². The van der Waals surface area contributed by atoms with Gasteiger partial charge in [-0.2, -0.15) is 0 Å². The maximum absolute atomic E-state index is 6.97. The Balaban J connectivity index is 1.10. The van der Waals surface area contributed by atoms with E-state index in [-0.39, 0.29) is 0 Å². The minimum absolute atomic E-state index is 0.626. The summed E-state index contributed by atoms with van der Waals surface area (Å²) in [6, 6.07) is 70.5. The molecule has 0 aliphatic heterocycles. The minimum Gasteiger partial charge on any atom is -0.455 e. The highest BCUT2D eigenvalue weighted by atomic mass is 16.3. The van der Waals surface area contributed by atoms with E-state index in [4.69, 9.17) is 19.4 Å². The highest BCUT2D eigenvalue weighted by Gasteiger charge is 2.22. The first-order valence-corrected chi connectivity index (χ1v) is 19.9. The van der Waals surface area contributed by atoms with Crippen LogP contribution in [0, 0.1) is 0 Å². The monoisotopic (exact) mass is 751 g/mol. The van der Waals surface area contributed by atoms with E-state index in [2.05, 4.69) is 182 Å². The maximum atomic E-state index is 6.97. The van der Waals surface area contributed by atoms with Crippen LogP contribution in [0.15, 0.2) is 205 Å². The normalized spacial score (nSPS) is 11.7. The summed E-state index contributed by atoms with van der Waals surface area (Å²) in [7, 11) is 0. The van der Waals surface area contributed by atoms with Crippen molar-refractivity contribution in [2.24, 2.45) is 0 Å². The van der Waals surface area contributed by atoms with Crippen LogP contribution in [-0.4, -0.2) is 15.0 Å². The fourth-order valence-electron chi connectivity index (χ4n) is 8.86. The molecule has 0 saturated heterocycles. The highest BCUT2D eigenvalue weighted by molar-refractivity contribution is 6.22. The number of rotatable bonds is 5. The third-order valence-electron chi connectivity index (χ3n) is 11.7. The Labute approximate surface area is 339 Å². The van der Waals surface area contributed by atoms with E-state index in [1.807, 2.05) is 18.2 Å². The van der Waals surface area contributed by atoms with Crippen LogP contribution < -0.4 is 0 Å². The van der Waals surface area contributed by atoms with Crippen LogP contribution >= 0.6 is 0 Å². The van der Waals surface area contributed by atoms with E-state index in [1.54, 1.807) is 0 Å². The zero-order chi connectivity index (χ0) is 38.9. The first-order chi connectivity index (χ1) is 29.2. The molecule has 4 nitrogen and oxygen atoms in total.